The van der Waals surface area contributed by atoms with Gasteiger partial charge in [0.25, 0.3) is 5.91 Å². The number of nitrogens with one attached hydrogen (secondary N) is 2. The molecule has 0 atom stereocenters. The molecule has 0 spiro atoms. The molecule has 0 aromatic heterocycles. The predicted molar refractivity (Wildman–Crippen MR) is 186 cm³/mol. The Balaban J connectivity index is 1.14. The zero-order valence-corrected chi connectivity index (χ0v) is 26.7. The number of likely N-dealkylation sites (N-methyl/N-ethyl adjacent to an activating group) is 1. The minimum absolute atomic E-state index is 0.0377. The van der Waals surface area contributed by atoms with Gasteiger partial charge in [-0.05, 0) is 54.4 Å². The highest BCUT2D eigenvalue weighted by Gasteiger charge is 2.29. The van der Waals surface area contributed by atoms with Gasteiger partial charge in [0.05, 0.1) is 35.7 Å². The van der Waals surface area contributed by atoms with Crippen LogP contribution in [-0.4, -0.2) is 74.0 Å². The SMILES string of the molecule is CCOC(=O)c1ccc2c(c1)NC(=O)/C2=C(\Nc1ccc(N(C)C(=O)CN2CCN(Cc3ccccc3)CC2)cc1)c1ccccc1. The third-order valence-electron chi connectivity index (χ3n) is 8.56. The lowest BCUT2D eigenvalue weighted by molar-refractivity contribution is -0.120. The van der Waals surface area contributed by atoms with Crippen LogP contribution >= 0.6 is 0 Å². The molecule has 1 fully saturated rings. The first-order valence-corrected chi connectivity index (χ1v) is 15.9. The molecule has 0 bridgehead atoms. The molecule has 4 aromatic rings. The van der Waals surface area contributed by atoms with Gasteiger partial charge in [0.15, 0.2) is 0 Å². The van der Waals surface area contributed by atoms with Crippen molar-refractivity contribution in [3.63, 3.8) is 0 Å². The smallest absolute Gasteiger partial charge is 0.338 e. The highest BCUT2D eigenvalue weighted by molar-refractivity contribution is 6.37. The van der Waals surface area contributed by atoms with Gasteiger partial charge in [0.1, 0.15) is 0 Å². The van der Waals surface area contributed by atoms with Crippen molar-refractivity contribution in [2.75, 3.05) is 61.9 Å². The molecule has 0 unspecified atom stereocenters. The number of ether oxygens (including phenoxy) is 1. The van der Waals surface area contributed by atoms with Crippen molar-refractivity contribution in [3.8, 4) is 0 Å². The second kappa shape index (κ2) is 14.5. The Hall–Kier alpha value is -5.25. The molecule has 1 saturated heterocycles. The van der Waals surface area contributed by atoms with Crippen LogP contribution in [0.1, 0.15) is 34.0 Å². The average Bonchev–Trinajstić information content (AvgIpc) is 3.43. The lowest BCUT2D eigenvalue weighted by Crippen LogP contribution is -2.49. The van der Waals surface area contributed by atoms with Crippen molar-refractivity contribution < 1.29 is 19.1 Å². The summed E-state index contributed by atoms with van der Waals surface area (Å²) in [5, 5.41) is 6.37. The number of rotatable bonds is 10. The van der Waals surface area contributed by atoms with Crippen molar-refractivity contribution in [2.24, 2.45) is 0 Å². The minimum Gasteiger partial charge on any atom is -0.462 e. The van der Waals surface area contributed by atoms with Gasteiger partial charge >= 0.3 is 5.97 Å². The summed E-state index contributed by atoms with van der Waals surface area (Å²) in [5.41, 5.74) is 6.42. The Morgan fingerprint density at radius 1 is 0.830 bits per heavy atom. The van der Waals surface area contributed by atoms with E-state index in [2.05, 4.69) is 44.7 Å². The van der Waals surface area contributed by atoms with Crippen LogP contribution in [0.5, 0.6) is 0 Å². The number of amides is 2. The fourth-order valence-corrected chi connectivity index (χ4v) is 5.95. The number of fused-ring (bicyclic) bond motifs is 1. The molecular formula is C38H39N5O4. The van der Waals surface area contributed by atoms with Crippen LogP contribution in [0.2, 0.25) is 0 Å². The van der Waals surface area contributed by atoms with Crippen molar-refractivity contribution in [1.29, 1.82) is 0 Å². The summed E-state index contributed by atoms with van der Waals surface area (Å²) in [6.45, 7) is 6.89. The summed E-state index contributed by atoms with van der Waals surface area (Å²) in [4.78, 5) is 45.2. The fourth-order valence-electron chi connectivity index (χ4n) is 5.95. The van der Waals surface area contributed by atoms with Crippen molar-refractivity contribution in [1.82, 2.24) is 9.80 Å². The lowest BCUT2D eigenvalue weighted by Gasteiger charge is -2.35. The zero-order chi connectivity index (χ0) is 32.8. The normalized spacial score (nSPS) is 15.8. The molecule has 9 nitrogen and oxygen atoms in total. The van der Waals surface area contributed by atoms with E-state index in [0.29, 0.717) is 34.6 Å². The van der Waals surface area contributed by atoms with E-state index in [0.717, 1.165) is 49.7 Å². The van der Waals surface area contributed by atoms with Crippen LogP contribution in [0.3, 0.4) is 0 Å². The first-order valence-electron chi connectivity index (χ1n) is 15.9. The Morgan fingerprint density at radius 3 is 2.17 bits per heavy atom. The summed E-state index contributed by atoms with van der Waals surface area (Å²) >= 11 is 0. The number of hydrogen-bond donors (Lipinski definition) is 2. The molecule has 240 valence electrons. The molecule has 2 heterocycles. The molecule has 6 rings (SSSR count). The second-order valence-electron chi connectivity index (χ2n) is 11.7. The molecule has 47 heavy (non-hydrogen) atoms. The molecule has 9 heteroatoms. The molecule has 0 aliphatic carbocycles. The maximum absolute atomic E-state index is 13.3. The molecule has 2 N–H and O–H groups in total. The van der Waals surface area contributed by atoms with Gasteiger partial charge in [0.2, 0.25) is 5.91 Å². The van der Waals surface area contributed by atoms with Gasteiger partial charge in [-0.15, -0.1) is 0 Å². The largest absolute Gasteiger partial charge is 0.462 e. The predicted octanol–water partition coefficient (Wildman–Crippen LogP) is 5.58. The van der Waals surface area contributed by atoms with Gasteiger partial charge in [-0.3, -0.25) is 19.4 Å². The average molecular weight is 630 g/mol. The molecular weight excluding hydrogens is 590 g/mol. The van der Waals surface area contributed by atoms with Crippen molar-refractivity contribution in [2.45, 2.75) is 13.5 Å². The van der Waals surface area contributed by atoms with Crippen LogP contribution in [0.4, 0.5) is 17.1 Å². The summed E-state index contributed by atoms with van der Waals surface area (Å²) in [7, 11) is 1.80. The summed E-state index contributed by atoms with van der Waals surface area (Å²) in [5.74, 6) is -0.667. The van der Waals surface area contributed by atoms with E-state index in [-0.39, 0.29) is 18.4 Å². The van der Waals surface area contributed by atoms with Crippen LogP contribution in [0, 0.1) is 0 Å². The van der Waals surface area contributed by atoms with Crippen LogP contribution in [0.25, 0.3) is 11.3 Å². The molecule has 2 aliphatic rings. The van der Waals surface area contributed by atoms with Gasteiger partial charge in [-0.2, -0.15) is 0 Å². The van der Waals surface area contributed by atoms with E-state index >= 15 is 0 Å². The fraction of sp³-hybridized carbons (Fsp3) is 0.237. The Morgan fingerprint density at radius 2 is 1.49 bits per heavy atom. The number of benzene rings is 4. The van der Waals surface area contributed by atoms with Gasteiger partial charge < -0.3 is 20.3 Å². The molecule has 2 aliphatic heterocycles. The van der Waals surface area contributed by atoms with E-state index in [4.69, 9.17) is 4.74 Å². The van der Waals surface area contributed by atoms with Crippen LogP contribution < -0.4 is 15.5 Å². The minimum atomic E-state index is -0.437. The summed E-state index contributed by atoms with van der Waals surface area (Å²) in [6.07, 6.45) is 0. The standard InChI is InChI=1S/C38H39N5O4/c1-3-47-38(46)29-14-19-32-33(24-29)40-37(45)35(32)36(28-12-8-5-9-13-28)39-30-15-17-31(18-16-30)41(2)34(44)26-43-22-20-42(21-23-43)25-27-10-6-4-7-11-27/h4-19,24,39H,3,20-23,25-26H2,1-2H3,(H,40,45)/b36-35-. The molecule has 2 amide bonds. The van der Waals surface area contributed by atoms with E-state index in [1.807, 2.05) is 60.7 Å². The third-order valence-corrected chi connectivity index (χ3v) is 8.56. The topological polar surface area (TPSA) is 94.2 Å². The van der Waals surface area contributed by atoms with Gasteiger partial charge in [-0.1, -0.05) is 66.7 Å². The molecule has 4 aromatic carbocycles. The van der Waals surface area contributed by atoms with E-state index in [1.54, 1.807) is 37.1 Å². The van der Waals surface area contributed by atoms with E-state index < -0.39 is 5.97 Å². The molecule has 0 radical (unpaired) electrons. The van der Waals surface area contributed by atoms with Crippen molar-refractivity contribution in [3.05, 3.63) is 125 Å². The number of hydrogen-bond acceptors (Lipinski definition) is 7. The van der Waals surface area contributed by atoms with Crippen LogP contribution in [0.15, 0.2) is 103 Å². The Labute approximate surface area is 275 Å². The van der Waals surface area contributed by atoms with Gasteiger partial charge in [-0.25, -0.2) is 4.79 Å². The maximum Gasteiger partial charge on any atom is 0.338 e. The number of anilines is 3. The first-order chi connectivity index (χ1) is 22.9. The highest BCUT2D eigenvalue weighted by Crippen LogP contribution is 2.38. The number of carbonyl (C=O) groups is 3. The quantitative estimate of drug-likeness (QED) is 0.175. The van der Waals surface area contributed by atoms with Gasteiger partial charge in [0, 0.05) is 56.7 Å². The highest BCUT2D eigenvalue weighted by atomic mass is 16.5. The van der Waals surface area contributed by atoms with E-state index in [1.165, 1.54) is 5.56 Å². The zero-order valence-electron chi connectivity index (χ0n) is 26.7. The second-order valence-corrected chi connectivity index (χ2v) is 11.7. The number of piperazine rings is 1. The number of nitrogens with zero attached hydrogens (tertiary/aromatic N) is 3. The number of carbonyl (C=O) groups excluding carboxylic acids is 3. The monoisotopic (exact) mass is 629 g/mol. The third kappa shape index (κ3) is 7.43. The Bertz CT molecular complexity index is 1770. The summed E-state index contributed by atoms with van der Waals surface area (Å²) < 4.78 is 5.13. The summed E-state index contributed by atoms with van der Waals surface area (Å²) in [6, 6.07) is 32.8. The Kier molecular flexibility index (Phi) is 9.75. The van der Waals surface area contributed by atoms with Crippen molar-refractivity contribution >= 4 is 46.1 Å². The first kappa shape index (κ1) is 31.7. The van der Waals surface area contributed by atoms with Crippen LogP contribution in [-0.2, 0) is 20.9 Å². The molecule has 0 saturated carbocycles. The maximum atomic E-state index is 13.3. The lowest BCUT2D eigenvalue weighted by atomic mass is 9.99. The number of esters is 1. The van der Waals surface area contributed by atoms with E-state index in [9.17, 15) is 14.4 Å².